The summed E-state index contributed by atoms with van der Waals surface area (Å²) in [7, 11) is 0. The first-order valence-corrected chi connectivity index (χ1v) is 8.93. The van der Waals surface area contributed by atoms with Crippen molar-refractivity contribution in [3.05, 3.63) is 93.2 Å². The van der Waals surface area contributed by atoms with Crippen molar-refractivity contribution >= 4 is 28.9 Å². The molecule has 1 N–H and O–H groups in total. The van der Waals surface area contributed by atoms with Gasteiger partial charge in [0.25, 0.3) is 0 Å². The lowest BCUT2D eigenvalue weighted by atomic mass is 10.1. The van der Waals surface area contributed by atoms with Crippen molar-refractivity contribution in [2.24, 2.45) is 0 Å². The average molecular weight is 390 g/mol. The standard InChI is InChI=1S/C21H18Cl2FNO/c1-14-18(22)3-2-4-20(14)25-12-16-7-10-21(19(23)11-16)26-13-15-5-8-17(24)9-6-15/h2-11,25H,12-13H2,1H3. The van der Waals surface area contributed by atoms with Crippen LogP contribution in [0.25, 0.3) is 0 Å². The highest BCUT2D eigenvalue weighted by molar-refractivity contribution is 6.32. The molecule has 0 aromatic heterocycles. The second-order valence-electron chi connectivity index (χ2n) is 5.95. The van der Waals surface area contributed by atoms with Crippen molar-refractivity contribution in [2.75, 3.05) is 5.32 Å². The first kappa shape index (κ1) is 18.6. The minimum Gasteiger partial charge on any atom is -0.487 e. The number of nitrogens with one attached hydrogen (secondary N) is 1. The molecule has 5 heteroatoms. The van der Waals surface area contributed by atoms with E-state index in [1.165, 1.54) is 12.1 Å². The topological polar surface area (TPSA) is 21.3 Å². The van der Waals surface area contributed by atoms with Gasteiger partial charge in [0.1, 0.15) is 18.2 Å². The van der Waals surface area contributed by atoms with E-state index < -0.39 is 0 Å². The molecule has 0 spiro atoms. The fourth-order valence-electron chi connectivity index (χ4n) is 2.51. The zero-order valence-corrected chi connectivity index (χ0v) is 15.7. The van der Waals surface area contributed by atoms with Crippen molar-refractivity contribution in [2.45, 2.75) is 20.1 Å². The van der Waals surface area contributed by atoms with Crippen molar-refractivity contribution in [3.8, 4) is 5.75 Å². The maximum Gasteiger partial charge on any atom is 0.138 e. The van der Waals surface area contributed by atoms with E-state index in [4.69, 9.17) is 27.9 Å². The summed E-state index contributed by atoms with van der Waals surface area (Å²) >= 11 is 12.5. The molecule has 134 valence electrons. The van der Waals surface area contributed by atoms with Crippen LogP contribution in [0.2, 0.25) is 10.0 Å². The summed E-state index contributed by atoms with van der Waals surface area (Å²) < 4.78 is 18.6. The lowest BCUT2D eigenvalue weighted by molar-refractivity contribution is 0.306. The predicted octanol–water partition coefficient (Wildman–Crippen LogP) is 6.63. The zero-order chi connectivity index (χ0) is 18.5. The van der Waals surface area contributed by atoms with Crippen LogP contribution in [0.15, 0.2) is 60.7 Å². The molecule has 0 heterocycles. The van der Waals surface area contributed by atoms with Gasteiger partial charge in [-0.15, -0.1) is 0 Å². The highest BCUT2D eigenvalue weighted by atomic mass is 35.5. The van der Waals surface area contributed by atoms with Gasteiger partial charge in [-0.1, -0.05) is 47.5 Å². The van der Waals surface area contributed by atoms with Crippen molar-refractivity contribution in [1.82, 2.24) is 0 Å². The maximum atomic E-state index is 12.9. The molecule has 3 rings (SSSR count). The molecule has 0 saturated carbocycles. The largest absolute Gasteiger partial charge is 0.487 e. The molecule has 0 atom stereocenters. The van der Waals surface area contributed by atoms with Gasteiger partial charge in [0.15, 0.2) is 0 Å². The number of halogens is 3. The quantitative estimate of drug-likeness (QED) is 0.510. The highest BCUT2D eigenvalue weighted by Gasteiger charge is 2.06. The predicted molar refractivity (Wildman–Crippen MR) is 106 cm³/mol. The van der Waals surface area contributed by atoms with E-state index in [-0.39, 0.29) is 5.82 Å². The van der Waals surface area contributed by atoms with Gasteiger partial charge in [-0.05, 0) is 60.0 Å². The second-order valence-corrected chi connectivity index (χ2v) is 6.76. The number of hydrogen-bond donors (Lipinski definition) is 1. The Morgan fingerprint density at radius 1 is 0.923 bits per heavy atom. The molecule has 0 bridgehead atoms. The molecule has 0 radical (unpaired) electrons. The van der Waals surface area contributed by atoms with E-state index in [0.717, 1.165) is 27.4 Å². The summed E-state index contributed by atoms with van der Waals surface area (Å²) in [4.78, 5) is 0. The molecule has 0 unspecified atom stereocenters. The summed E-state index contributed by atoms with van der Waals surface area (Å²) in [5, 5.41) is 4.63. The van der Waals surface area contributed by atoms with Crippen LogP contribution in [0.4, 0.5) is 10.1 Å². The van der Waals surface area contributed by atoms with E-state index in [1.54, 1.807) is 12.1 Å². The number of benzene rings is 3. The Balaban J connectivity index is 1.61. The summed E-state index contributed by atoms with van der Waals surface area (Å²) in [6.45, 7) is 2.93. The number of anilines is 1. The summed E-state index contributed by atoms with van der Waals surface area (Å²) in [6.07, 6.45) is 0. The molecule has 2 nitrogen and oxygen atoms in total. The Morgan fingerprint density at radius 2 is 1.65 bits per heavy atom. The van der Waals surface area contributed by atoms with Gasteiger partial charge in [-0.2, -0.15) is 0 Å². The van der Waals surface area contributed by atoms with Gasteiger partial charge < -0.3 is 10.1 Å². The Hall–Kier alpha value is -2.23. The summed E-state index contributed by atoms with van der Waals surface area (Å²) in [5.74, 6) is 0.331. The second kappa shape index (κ2) is 8.43. The average Bonchev–Trinajstić information content (AvgIpc) is 2.63. The van der Waals surface area contributed by atoms with Crippen LogP contribution in [0, 0.1) is 12.7 Å². The third kappa shape index (κ3) is 4.69. The lowest BCUT2D eigenvalue weighted by Gasteiger charge is -2.12. The van der Waals surface area contributed by atoms with Crippen LogP contribution in [-0.4, -0.2) is 0 Å². The monoisotopic (exact) mass is 389 g/mol. The minimum absolute atomic E-state index is 0.265. The van der Waals surface area contributed by atoms with Crippen LogP contribution in [0.3, 0.4) is 0 Å². The Kier molecular flexibility index (Phi) is 6.02. The van der Waals surface area contributed by atoms with Crippen LogP contribution in [0.1, 0.15) is 16.7 Å². The molecule has 0 aliphatic heterocycles. The third-order valence-corrected chi connectivity index (χ3v) is 4.76. The number of rotatable bonds is 6. The maximum absolute atomic E-state index is 12.9. The third-order valence-electron chi connectivity index (χ3n) is 4.05. The molecule has 0 fully saturated rings. The molecule has 3 aromatic rings. The van der Waals surface area contributed by atoms with Gasteiger partial charge in [0.05, 0.1) is 5.02 Å². The lowest BCUT2D eigenvalue weighted by Crippen LogP contribution is -2.02. The fraction of sp³-hybridized carbons (Fsp3) is 0.143. The van der Waals surface area contributed by atoms with Crippen LogP contribution in [0.5, 0.6) is 5.75 Å². The van der Waals surface area contributed by atoms with E-state index >= 15 is 0 Å². The number of ether oxygens (including phenoxy) is 1. The van der Waals surface area contributed by atoms with Gasteiger partial charge in [-0.3, -0.25) is 0 Å². The molecular weight excluding hydrogens is 372 g/mol. The van der Waals surface area contributed by atoms with E-state index in [0.29, 0.717) is 23.9 Å². The van der Waals surface area contributed by atoms with Gasteiger partial charge in [-0.25, -0.2) is 4.39 Å². The molecule has 0 aliphatic carbocycles. The Bertz CT molecular complexity index is 897. The van der Waals surface area contributed by atoms with Gasteiger partial charge >= 0.3 is 0 Å². The summed E-state index contributed by atoms with van der Waals surface area (Å²) in [5.41, 5.74) is 3.91. The highest BCUT2D eigenvalue weighted by Crippen LogP contribution is 2.28. The van der Waals surface area contributed by atoms with Crippen molar-refractivity contribution < 1.29 is 9.13 Å². The zero-order valence-electron chi connectivity index (χ0n) is 14.2. The number of hydrogen-bond acceptors (Lipinski definition) is 2. The van der Waals surface area contributed by atoms with Crippen LogP contribution >= 0.6 is 23.2 Å². The summed E-state index contributed by atoms with van der Waals surface area (Å²) in [6, 6.07) is 17.6. The fourth-order valence-corrected chi connectivity index (χ4v) is 2.94. The van der Waals surface area contributed by atoms with Crippen molar-refractivity contribution in [3.63, 3.8) is 0 Å². The molecule has 0 amide bonds. The van der Waals surface area contributed by atoms with E-state index in [2.05, 4.69) is 5.32 Å². The Labute approximate surface area is 162 Å². The van der Waals surface area contributed by atoms with E-state index in [9.17, 15) is 4.39 Å². The van der Waals surface area contributed by atoms with Gasteiger partial charge in [0, 0.05) is 17.3 Å². The molecule has 3 aromatic carbocycles. The molecule has 0 aliphatic rings. The molecule has 26 heavy (non-hydrogen) atoms. The van der Waals surface area contributed by atoms with Crippen LogP contribution < -0.4 is 10.1 Å². The SMILES string of the molecule is Cc1c(Cl)cccc1NCc1ccc(OCc2ccc(F)cc2)c(Cl)c1. The molecule has 0 saturated heterocycles. The minimum atomic E-state index is -0.265. The van der Waals surface area contributed by atoms with Crippen molar-refractivity contribution in [1.29, 1.82) is 0 Å². The first-order valence-electron chi connectivity index (χ1n) is 8.17. The normalized spacial score (nSPS) is 10.6. The van der Waals surface area contributed by atoms with Gasteiger partial charge in [0.2, 0.25) is 0 Å². The van der Waals surface area contributed by atoms with Crippen LogP contribution in [-0.2, 0) is 13.2 Å². The smallest absolute Gasteiger partial charge is 0.138 e. The van der Waals surface area contributed by atoms with E-state index in [1.807, 2.05) is 43.3 Å². The molecular formula is C21H18Cl2FNO. The first-order chi connectivity index (χ1) is 12.5. The Morgan fingerprint density at radius 3 is 2.38 bits per heavy atom.